The average molecular weight is 263 g/mol. The van der Waals surface area contributed by atoms with Gasteiger partial charge < -0.3 is 5.73 Å². The summed E-state index contributed by atoms with van der Waals surface area (Å²) >= 11 is 0. The molecule has 2 aromatic carbocycles. The van der Waals surface area contributed by atoms with E-state index in [1.165, 1.54) is 5.56 Å². The fourth-order valence-electron chi connectivity index (χ4n) is 2.26. The second kappa shape index (κ2) is 5.31. The molecule has 1 atom stereocenters. The molecule has 1 heterocycles. The minimum atomic E-state index is -0.195. The minimum absolute atomic E-state index is 0.195. The summed E-state index contributed by atoms with van der Waals surface area (Å²) in [5.74, 6) is 0. The van der Waals surface area contributed by atoms with Gasteiger partial charge in [-0.25, -0.2) is 4.68 Å². The van der Waals surface area contributed by atoms with E-state index in [2.05, 4.69) is 24.2 Å². The van der Waals surface area contributed by atoms with Gasteiger partial charge in [0.25, 0.3) is 0 Å². The number of hydrogen-bond donors (Lipinski definition) is 1. The van der Waals surface area contributed by atoms with E-state index in [1.807, 2.05) is 59.4 Å². The van der Waals surface area contributed by atoms with Crippen molar-refractivity contribution in [2.75, 3.05) is 0 Å². The lowest BCUT2D eigenvalue weighted by molar-refractivity contribution is 0.772. The molecule has 3 aromatic rings. The summed E-state index contributed by atoms with van der Waals surface area (Å²) in [4.78, 5) is 0. The molecule has 100 valence electrons. The van der Waals surface area contributed by atoms with Crippen LogP contribution in [0.25, 0.3) is 5.69 Å². The van der Waals surface area contributed by atoms with Crippen molar-refractivity contribution in [3.8, 4) is 5.69 Å². The summed E-state index contributed by atoms with van der Waals surface area (Å²) in [6.07, 6.45) is 1.94. The molecule has 0 aliphatic heterocycles. The SMILES string of the molecule is Cc1cccc(C(N)c2ccn(-c3ccccc3)n2)c1. The van der Waals surface area contributed by atoms with Crippen molar-refractivity contribution in [2.45, 2.75) is 13.0 Å². The number of aryl methyl sites for hydroxylation is 1. The number of hydrogen-bond acceptors (Lipinski definition) is 2. The summed E-state index contributed by atoms with van der Waals surface area (Å²) in [6.45, 7) is 2.07. The molecule has 0 aliphatic carbocycles. The summed E-state index contributed by atoms with van der Waals surface area (Å²) in [6, 6.07) is 20.0. The molecule has 3 heteroatoms. The maximum absolute atomic E-state index is 6.30. The predicted octanol–water partition coefficient (Wildman–Crippen LogP) is 3.23. The molecule has 3 rings (SSSR count). The normalized spacial score (nSPS) is 12.3. The zero-order valence-corrected chi connectivity index (χ0v) is 11.4. The molecule has 0 aliphatic rings. The molecule has 2 N–H and O–H groups in total. The first-order valence-electron chi connectivity index (χ1n) is 6.67. The van der Waals surface area contributed by atoms with Crippen molar-refractivity contribution >= 4 is 0 Å². The van der Waals surface area contributed by atoms with E-state index in [-0.39, 0.29) is 6.04 Å². The Hall–Kier alpha value is -2.39. The van der Waals surface area contributed by atoms with Gasteiger partial charge in [-0.2, -0.15) is 5.10 Å². The number of aromatic nitrogens is 2. The Morgan fingerprint density at radius 1 is 1.00 bits per heavy atom. The van der Waals surface area contributed by atoms with E-state index in [0.29, 0.717) is 0 Å². The van der Waals surface area contributed by atoms with Gasteiger partial charge in [0.1, 0.15) is 0 Å². The second-order valence-corrected chi connectivity index (χ2v) is 4.91. The standard InChI is InChI=1S/C17H17N3/c1-13-6-5-7-14(12-13)17(18)16-10-11-20(19-16)15-8-3-2-4-9-15/h2-12,17H,18H2,1H3. The van der Waals surface area contributed by atoms with E-state index >= 15 is 0 Å². The van der Waals surface area contributed by atoms with Crippen LogP contribution in [0.3, 0.4) is 0 Å². The molecule has 1 unspecified atom stereocenters. The van der Waals surface area contributed by atoms with Crippen molar-refractivity contribution in [1.29, 1.82) is 0 Å². The molecule has 3 nitrogen and oxygen atoms in total. The van der Waals surface area contributed by atoms with Gasteiger partial charge >= 0.3 is 0 Å². The topological polar surface area (TPSA) is 43.8 Å². The van der Waals surface area contributed by atoms with Crippen LogP contribution in [0.2, 0.25) is 0 Å². The molecular formula is C17H17N3. The molecular weight excluding hydrogens is 246 g/mol. The Morgan fingerprint density at radius 2 is 1.80 bits per heavy atom. The third-order valence-corrected chi connectivity index (χ3v) is 3.35. The molecule has 0 radical (unpaired) electrons. The lowest BCUT2D eigenvalue weighted by Gasteiger charge is -2.10. The summed E-state index contributed by atoms with van der Waals surface area (Å²) < 4.78 is 1.85. The van der Waals surface area contributed by atoms with Gasteiger partial charge in [0.2, 0.25) is 0 Å². The third kappa shape index (κ3) is 2.49. The number of para-hydroxylation sites is 1. The van der Waals surface area contributed by atoms with Gasteiger partial charge in [0.15, 0.2) is 0 Å². The number of nitrogens with zero attached hydrogens (tertiary/aromatic N) is 2. The van der Waals surface area contributed by atoms with Gasteiger partial charge in [-0.1, -0.05) is 48.0 Å². The first-order valence-corrected chi connectivity index (χ1v) is 6.67. The Bertz CT molecular complexity index is 701. The van der Waals surface area contributed by atoms with Crippen molar-refractivity contribution in [3.05, 3.63) is 83.7 Å². The molecule has 0 spiro atoms. The number of rotatable bonds is 3. The number of benzene rings is 2. The molecule has 1 aromatic heterocycles. The quantitative estimate of drug-likeness (QED) is 0.788. The zero-order chi connectivity index (χ0) is 13.9. The molecule has 0 amide bonds. The Kier molecular flexibility index (Phi) is 3.35. The average Bonchev–Trinajstić information content (AvgIpc) is 2.97. The Balaban J connectivity index is 1.90. The fraction of sp³-hybridized carbons (Fsp3) is 0.118. The van der Waals surface area contributed by atoms with Gasteiger partial charge in [0, 0.05) is 6.20 Å². The largest absolute Gasteiger partial charge is 0.319 e. The first kappa shape index (κ1) is 12.6. The van der Waals surface area contributed by atoms with Crippen LogP contribution in [0.15, 0.2) is 66.9 Å². The van der Waals surface area contributed by atoms with Crippen LogP contribution < -0.4 is 5.73 Å². The maximum Gasteiger partial charge on any atom is 0.0841 e. The molecule has 0 saturated heterocycles. The lowest BCUT2D eigenvalue weighted by atomic mass is 10.0. The lowest BCUT2D eigenvalue weighted by Crippen LogP contribution is -2.13. The fourth-order valence-corrected chi connectivity index (χ4v) is 2.26. The van der Waals surface area contributed by atoms with Gasteiger partial charge in [0.05, 0.1) is 17.4 Å². The van der Waals surface area contributed by atoms with E-state index in [9.17, 15) is 0 Å². The van der Waals surface area contributed by atoms with Crippen LogP contribution >= 0.6 is 0 Å². The molecule has 0 fully saturated rings. The van der Waals surface area contributed by atoms with Gasteiger partial charge in [-0.15, -0.1) is 0 Å². The number of nitrogens with two attached hydrogens (primary N) is 1. The highest BCUT2D eigenvalue weighted by atomic mass is 15.3. The first-order chi connectivity index (χ1) is 9.74. The van der Waals surface area contributed by atoms with Crippen molar-refractivity contribution in [1.82, 2.24) is 9.78 Å². The Morgan fingerprint density at radius 3 is 2.55 bits per heavy atom. The van der Waals surface area contributed by atoms with Crippen molar-refractivity contribution in [3.63, 3.8) is 0 Å². The predicted molar refractivity (Wildman–Crippen MR) is 80.8 cm³/mol. The van der Waals surface area contributed by atoms with Gasteiger partial charge in [-0.3, -0.25) is 0 Å². The van der Waals surface area contributed by atoms with E-state index in [4.69, 9.17) is 5.73 Å². The maximum atomic E-state index is 6.30. The third-order valence-electron chi connectivity index (χ3n) is 3.35. The van der Waals surface area contributed by atoms with Crippen LogP contribution in [0.4, 0.5) is 0 Å². The summed E-state index contributed by atoms with van der Waals surface area (Å²) in [5.41, 5.74) is 10.5. The highest BCUT2D eigenvalue weighted by Crippen LogP contribution is 2.19. The summed E-state index contributed by atoms with van der Waals surface area (Å²) in [7, 11) is 0. The van der Waals surface area contributed by atoms with E-state index in [1.54, 1.807) is 0 Å². The smallest absolute Gasteiger partial charge is 0.0841 e. The van der Waals surface area contributed by atoms with Crippen LogP contribution in [-0.2, 0) is 0 Å². The highest BCUT2D eigenvalue weighted by molar-refractivity contribution is 5.33. The molecule has 0 saturated carbocycles. The van der Waals surface area contributed by atoms with E-state index < -0.39 is 0 Å². The Labute approximate surface area is 118 Å². The zero-order valence-electron chi connectivity index (χ0n) is 11.4. The molecule has 20 heavy (non-hydrogen) atoms. The van der Waals surface area contributed by atoms with E-state index in [0.717, 1.165) is 16.9 Å². The monoisotopic (exact) mass is 263 g/mol. The van der Waals surface area contributed by atoms with Crippen LogP contribution in [0.1, 0.15) is 22.9 Å². The summed E-state index contributed by atoms with van der Waals surface area (Å²) in [5, 5.41) is 4.58. The minimum Gasteiger partial charge on any atom is -0.319 e. The second-order valence-electron chi connectivity index (χ2n) is 4.91. The van der Waals surface area contributed by atoms with Crippen molar-refractivity contribution in [2.24, 2.45) is 5.73 Å². The van der Waals surface area contributed by atoms with Crippen molar-refractivity contribution < 1.29 is 0 Å². The van der Waals surface area contributed by atoms with Crippen LogP contribution in [-0.4, -0.2) is 9.78 Å². The van der Waals surface area contributed by atoms with Crippen LogP contribution in [0, 0.1) is 6.92 Å². The highest BCUT2D eigenvalue weighted by Gasteiger charge is 2.12. The van der Waals surface area contributed by atoms with Crippen LogP contribution in [0.5, 0.6) is 0 Å². The van der Waals surface area contributed by atoms with Gasteiger partial charge in [-0.05, 0) is 30.7 Å². The molecule has 0 bridgehead atoms.